The molecule has 0 radical (unpaired) electrons. The standard InChI is InChI=1S/C14H16O4/c1-3-18-13(16)14(2,17)12(9-10-15)11-7-5-4-6-8-11/h4-10,17H,3H2,1-2H3/b12-9+/t14-/m1/s1. The molecule has 0 bridgehead atoms. The molecule has 0 saturated heterocycles. The van der Waals surface area contributed by atoms with Crippen LogP contribution in [-0.4, -0.2) is 29.6 Å². The predicted octanol–water partition coefficient (Wildman–Crippen LogP) is 1.58. The molecule has 4 heteroatoms. The predicted molar refractivity (Wildman–Crippen MR) is 67.7 cm³/mol. The minimum atomic E-state index is -1.85. The van der Waals surface area contributed by atoms with E-state index < -0.39 is 11.6 Å². The topological polar surface area (TPSA) is 63.6 Å². The summed E-state index contributed by atoms with van der Waals surface area (Å²) in [4.78, 5) is 22.4. The van der Waals surface area contributed by atoms with Crippen LogP contribution in [0.1, 0.15) is 19.4 Å². The van der Waals surface area contributed by atoms with Crippen LogP contribution in [0.5, 0.6) is 0 Å². The van der Waals surface area contributed by atoms with Gasteiger partial charge in [0.2, 0.25) is 0 Å². The normalized spacial score (nSPS) is 14.7. The van der Waals surface area contributed by atoms with Crippen molar-refractivity contribution in [3.8, 4) is 0 Å². The molecule has 1 aromatic rings. The number of rotatable bonds is 5. The van der Waals surface area contributed by atoms with Crippen LogP contribution >= 0.6 is 0 Å². The Morgan fingerprint density at radius 1 is 1.39 bits per heavy atom. The summed E-state index contributed by atoms with van der Waals surface area (Å²) in [5.74, 6) is -0.776. The SMILES string of the molecule is CCOC(=O)[C@](C)(O)/C(=C/C=O)c1ccccc1. The highest BCUT2D eigenvalue weighted by Crippen LogP contribution is 2.27. The van der Waals surface area contributed by atoms with Crippen LogP contribution in [0.2, 0.25) is 0 Å². The van der Waals surface area contributed by atoms with Crippen molar-refractivity contribution in [2.45, 2.75) is 19.4 Å². The smallest absolute Gasteiger partial charge is 0.342 e. The van der Waals surface area contributed by atoms with Crippen LogP contribution in [0.4, 0.5) is 0 Å². The van der Waals surface area contributed by atoms with Gasteiger partial charge in [-0.2, -0.15) is 0 Å². The summed E-state index contributed by atoms with van der Waals surface area (Å²) in [6.45, 7) is 3.13. The first-order valence-corrected chi connectivity index (χ1v) is 5.65. The molecule has 0 amide bonds. The Hall–Kier alpha value is -1.94. The summed E-state index contributed by atoms with van der Waals surface area (Å²) in [5.41, 5.74) is -1.03. The average Bonchev–Trinajstić information content (AvgIpc) is 2.37. The molecule has 0 spiro atoms. The number of ether oxygens (including phenoxy) is 1. The molecule has 1 N–H and O–H groups in total. The first-order valence-electron chi connectivity index (χ1n) is 5.65. The summed E-state index contributed by atoms with van der Waals surface area (Å²) < 4.78 is 4.81. The van der Waals surface area contributed by atoms with Gasteiger partial charge < -0.3 is 9.84 Å². The van der Waals surface area contributed by atoms with Crippen LogP contribution in [0.15, 0.2) is 36.4 Å². The van der Waals surface area contributed by atoms with Gasteiger partial charge in [-0.3, -0.25) is 4.79 Å². The third kappa shape index (κ3) is 3.05. The van der Waals surface area contributed by atoms with Gasteiger partial charge in [0.25, 0.3) is 0 Å². The molecular formula is C14H16O4. The van der Waals surface area contributed by atoms with Gasteiger partial charge in [-0.1, -0.05) is 30.3 Å². The molecule has 0 unspecified atom stereocenters. The van der Waals surface area contributed by atoms with Crippen molar-refractivity contribution in [1.29, 1.82) is 0 Å². The maximum absolute atomic E-state index is 11.7. The highest BCUT2D eigenvalue weighted by Gasteiger charge is 2.36. The molecule has 0 aromatic heterocycles. The highest BCUT2D eigenvalue weighted by atomic mass is 16.5. The number of carbonyl (C=O) groups is 2. The van der Waals surface area contributed by atoms with Gasteiger partial charge in [-0.05, 0) is 25.5 Å². The van der Waals surface area contributed by atoms with Crippen LogP contribution < -0.4 is 0 Å². The Balaban J connectivity index is 3.18. The van der Waals surface area contributed by atoms with Crippen molar-refractivity contribution in [3.63, 3.8) is 0 Å². The lowest BCUT2D eigenvalue weighted by Gasteiger charge is -2.24. The van der Waals surface area contributed by atoms with Crippen LogP contribution in [0, 0.1) is 0 Å². The molecular weight excluding hydrogens is 232 g/mol. The zero-order valence-electron chi connectivity index (χ0n) is 10.4. The number of esters is 1. The Kier molecular flexibility index (Phi) is 4.80. The average molecular weight is 248 g/mol. The third-order valence-electron chi connectivity index (χ3n) is 2.52. The summed E-state index contributed by atoms with van der Waals surface area (Å²) in [5, 5.41) is 10.3. The van der Waals surface area contributed by atoms with Crippen molar-refractivity contribution in [2.75, 3.05) is 6.61 Å². The molecule has 0 aliphatic carbocycles. The lowest BCUT2D eigenvalue weighted by Crippen LogP contribution is -2.38. The van der Waals surface area contributed by atoms with E-state index in [0.29, 0.717) is 11.8 Å². The largest absolute Gasteiger partial charge is 0.464 e. The zero-order chi connectivity index (χ0) is 13.6. The van der Waals surface area contributed by atoms with Gasteiger partial charge in [-0.25, -0.2) is 4.79 Å². The lowest BCUT2D eigenvalue weighted by atomic mass is 9.89. The maximum atomic E-state index is 11.7. The van der Waals surface area contributed by atoms with Crippen molar-refractivity contribution >= 4 is 17.8 Å². The molecule has 0 saturated carbocycles. The molecule has 0 aliphatic rings. The van der Waals surface area contributed by atoms with Gasteiger partial charge in [0, 0.05) is 5.57 Å². The first kappa shape index (κ1) is 14.1. The monoisotopic (exact) mass is 248 g/mol. The summed E-state index contributed by atoms with van der Waals surface area (Å²) >= 11 is 0. The zero-order valence-corrected chi connectivity index (χ0v) is 10.4. The van der Waals surface area contributed by atoms with Gasteiger partial charge in [0.15, 0.2) is 5.60 Å². The molecule has 96 valence electrons. The van der Waals surface area contributed by atoms with Gasteiger partial charge in [0.1, 0.15) is 6.29 Å². The highest BCUT2D eigenvalue weighted by molar-refractivity contribution is 5.99. The Morgan fingerprint density at radius 2 is 2.00 bits per heavy atom. The van der Waals surface area contributed by atoms with Crippen molar-refractivity contribution < 1.29 is 19.4 Å². The number of carbonyl (C=O) groups excluding carboxylic acids is 2. The number of aliphatic hydroxyl groups is 1. The molecule has 4 nitrogen and oxygen atoms in total. The van der Waals surface area contributed by atoms with Crippen molar-refractivity contribution in [3.05, 3.63) is 42.0 Å². The van der Waals surface area contributed by atoms with E-state index in [0.717, 1.165) is 0 Å². The van der Waals surface area contributed by atoms with Crippen LogP contribution in [0.25, 0.3) is 5.57 Å². The fourth-order valence-electron chi connectivity index (χ4n) is 1.61. The third-order valence-corrected chi connectivity index (χ3v) is 2.52. The molecule has 1 aromatic carbocycles. The molecule has 1 atom stereocenters. The second-order valence-corrected chi connectivity index (χ2v) is 3.88. The lowest BCUT2D eigenvalue weighted by molar-refractivity contribution is -0.157. The van der Waals surface area contributed by atoms with E-state index in [4.69, 9.17) is 4.74 Å². The number of allylic oxidation sites excluding steroid dienone is 1. The van der Waals surface area contributed by atoms with E-state index in [2.05, 4.69) is 0 Å². The minimum absolute atomic E-state index is 0.165. The van der Waals surface area contributed by atoms with E-state index in [-0.39, 0.29) is 12.2 Å². The van der Waals surface area contributed by atoms with E-state index in [1.54, 1.807) is 37.3 Å². The number of aldehydes is 1. The second kappa shape index (κ2) is 6.12. The summed E-state index contributed by atoms with van der Waals surface area (Å²) in [6.07, 6.45) is 1.71. The Bertz CT molecular complexity index is 446. The van der Waals surface area contributed by atoms with Gasteiger partial charge in [-0.15, -0.1) is 0 Å². The Labute approximate surface area is 106 Å². The van der Waals surface area contributed by atoms with Crippen LogP contribution in [0.3, 0.4) is 0 Å². The quantitative estimate of drug-likeness (QED) is 0.488. The van der Waals surface area contributed by atoms with Crippen molar-refractivity contribution in [2.24, 2.45) is 0 Å². The molecule has 0 heterocycles. The molecule has 0 aliphatic heterocycles. The number of hydrogen-bond donors (Lipinski definition) is 1. The first-order chi connectivity index (χ1) is 8.54. The van der Waals surface area contributed by atoms with Gasteiger partial charge >= 0.3 is 5.97 Å². The number of hydrogen-bond acceptors (Lipinski definition) is 4. The van der Waals surface area contributed by atoms with Crippen LogP contribution in [-0.2, 0) is 14.3 Å². The summed E-state index contributed by atoms with van der Waals surface area (Å²) in [6, 6.07) is 8.75. The van der Waals surface area contributed by atoms with E-state index in [9.17, 15) is 14.7 Å². The summed E-state index contributed by atoms with van der Waals surface area (Å²) in [7, 11) is 0. The fourth-order valence-corrected chi connectivity index (χ4v) is 1.61. The number of benzene rings is 1. The van der Waals surface area contributed by atoms with E-state index >= 15 is 0 Å². The second-order valence-electron chi connectivity index (χ2n) is 3.88. The fraction of sp³-hybridized carbons (Fsp3) is 0.286. The van der Waals surface area contributed by atoms with Gasteiger partial charge in [0.05, 0.1) is 6.61 Å². The molecule has 0 fully saturated rings. The Morgan fingerprint density at radius 3 is 2.50 bits per heavy atom. The van der Waals surface area contributed by atoms with Crippen molar-refractivity contribution in [1.82, 2.24) is 0 Å². The molecule has 18 heavy (non-hydrogen) atoms. The van der Waals surface area contributed by atoms with E-state index in [1.165, 1.54) is 13.0 Å². The molecule has 1 rings (SSSR count). The minimum Gasteiger partial charge on any atom is -0.464 e. The maximum Gasteiger partial charge on any atom is 0.342 e. The van der Waals surface area contributed by atoms with E-state index in [1.807, 2.05) is 0 Å².